The van der Waals surface area contributed by atoms with Crippen LogP contribution in [-0.4, -0.2) is 24.9 Å². The first-order chi connectivity index (χ1) is 11.7. The Bertz CT molecular complexity index is 645. The molecule has 5 nitrogen and oxygen atoms in total. The van der Waals surface area contributed by atoms with E-state index >= 15 is 0 Å². The van der Waals surface area contributed by atoms with Gasteiger partial charge in [0.05, 0.1) is 5.41 Å². The molecule has 1 aromatic carbocycles. The fourth-order valence-corrected chi connectivity index (χ4v) is 4.17. The number of amides is 2. The SMILES string of the molecule is Cl.O=C(Nc1ccc(NC(=O)[C@@]23CCCC[C@H]2CNC3)cc1)C1CC1. The van der Waals surface area contributed by atoms with Crippen LogP contribution in [0.25, 0.3) is 0 Å². The van der Waals surface area contributed by atoms with Crippen molar-refractivity contribution in [3.05, 3.63) is 24.3 Å². The number of halogens is 1. The van der Waals surface area contributed by atoms with Crippen LogP contribution >= 0.6 is 12.4 Å². The zero-order valence-corrected chi connectivity index (χ0v) is 15.2. The van der Waals surface area contributed by atoms with Gasteiger partial charge in [0.25, 0.3) is 0 Å². The lowest BCUT2D eigenvalue weighted by molar-refractivity contribution is -0.128. The molecule has 25 heavy (non-hydrogen) atoms. The van der Waals surface area contributed by atoms with Crippen LogP contribution in [0, 0.1) is 17.3 Å². The molecule has 1 aromatic rings. The van der Waals surface area contributed by atoms with E-state index < -0.39 is 0 Å². The summed E-state index contributed by atoms with van der Waals surface area (Å²) in [5.41, 5.74) is 1.35. The Morgan fingerprint density at radius 1 is 1.00 bits per heavy atom. The quantitative estimate of drug-likeness (QED) is 0.769. The highest BCUT2D eigenvalue weighted by atomic mass is 35.5. The number of hydrogen-bond donors (Lipinski definition) is 3. The molecule has 0 unspecified atom stereocenters. The van der Waals surface area contributed by atoms with Gasteiger partial charge in [0.15, 0.2) is 0 Å². The van der Waals surface area contributed by atoms with Gasteiger partial charge in [-0.1, -0.05) is 12.8 Å². The molecule has 0 bridgehead atoms. The lowest BCUT2D eigenvalue weighted by Crippen LogP contribution is -2.44. The molecule has 0 aromatic heterocycles. The first kappa shape index (κ1) is 18.2. The fraction of sp³-hybridized carbons (Fsp3) is 0.579. The number of rotatable bonds is 4. The number of anilines is 2. The second kappa shape index (κ2) is 7.34. The van der Waals surface area contributed by atoms with Crippen molar-refractivity contribution in [3.8, 4) is 0 Å². The highest BCUT2D eigenvalue weighted by Crippen LogP contribution is 2.44. The molecule has 0 spiro atoms. The smallest absolute Gasteiger partial charge is 0.232 e. The van der Waals surface area contributed by atoms with Gasteiger partial charge in [0, 0.05) is 23.8 Å². The van der Waals surface area contributed by atoms with E-state index in [-0.39, 0.29) is 35.6 Å². The maximum Gasteiger partial charge on any atom is 0.232 e. The standard InChI is InChI=1S/C19H25N3O2.ClH/c23-17(13-4-5-13)21-15-6-8-16(9-7-15)22-18(24)19-10-2-1-3-14(19)11-20-12-19;/h6-9,13-14,20H,1-5,10-12H2,(H,21,23)(H,22,24);1H/t14-,19+;/m0./s1. The molecule has 136 valence electrons. The third kappa shape index (κ3) is 3.67. The highest BCUT2D eigenvalue weighted by Gasteiger charge is 2.49. The summed E-state index contributed by atoms with van der Waals surface area (Å²) < 4.78 is 0. The van der Waals surface area contributed by atoms with Crippen LogP contribution in [0.2, 0.25) is 0 Å². The van der Waals surface area contributed by atoms with Gasteiger partial charge in [-0.2, -0.15) is 0 Å². The number of carbonyl (C=O) groups excluding carboxylic acids is 2. The zero-order valence-electron chi connectivity index (χ0n) is 14.3. The number of hydrogen-bond acceptors (Lipinski definition) is 3. The Kier molecular flexibility index (Phi) is 5.35. The van der Waals surface area contributed by atoms with E-state index in [1.807, 2.05) is 24.3 Å². The van der Waals surface area contributed by atoms with Gasteiger partial charge in [0.2, 0.25) is 11.8 Å². The lowest BCUT2D eigenvalue weighted by Gasteiger charge is -2.37. The average molecular weight is 364 g/mol. The number of nitrogens with one attached hydrogen (secondary N) is 3. The van der Waals surface area contributed by atoms with Crippen LogP contribution in [0.3, 0.4) is 0 Å². The molecule has 1 saturated heterocycles. The molecular formula is C19H26ClN3O2. The summed E-state index contributed by atoms with van der Waals surface area (Å²) in [5.74, 6) is 0.907. The van der Waals surface area contributed by atoms with Crippen LogP contribution < -0.4 is 16.0 Å². The summed E-state index contributed by atoms with van der Waals surface area (Å²) in [6.07, 6.45) is 6.49. The topological polar surface area (TPSA) is 70.2 Å². The summed E-state index contributed by atoms with van der Waals surface area (Å²) in [7, 11) is 0. The van der Waals surface area contributed by atoms with Gasteiger partial charge in [0.1, 0.15) is 0 Å². The highest BCUT2D eigenvalue weighted by molar-refractivity contribution is 5.97. The lowest BCUT2D eigenvalue weighted by atomic mass is 9.67. The van der Waals surface area contributed by atoms with E-state index in [0.717, 1.165) is 56.6 Å². The number of carbonyl (C=O) groups is 2. The second-order valence-corrected chi connectivity index (χ2v) is 7.52. The normalized spacial score (nSPS) is 27.8. The minimum absolute atomic E-state index is 0. The molecule has 3 fully saturated rings. The first-order valence-electron chi connectivity index (χ1n) is 9.10. The van der Waals surface area contributed by atoms with Crippen LogP contribution in [0.5, 0.6) is 0 Å². The van der Waals surface area contributed by atoms with E-state index in [9.17, 15) is 9.59 Å². The average Bonchev–Trinajstić information content (AvgIpc) is 3.35. The molecule has 6 heteroatoms. The molecule has 2 saturated carbocycles. The molecular weight excluding hydrogens is 338 g/mol. The molecule has 2 amide bonds. The van der Waals surface area contributed by atoms with E-state index in [0.29, 0.717) is 5.92 Å². The van der Waals surface area contributed by atoms with Crippen molar-refractivity contribution < 1.29 is 9.59 Å². The van der Waals surface area contributed by atoms with Gasteiger partial charge in [-0.15, -0.1) is 12.4 Å². The van der Waals surface area contributed by atoms with Crippen molar-refractivity contribution in [2.24, 2.45) is 17.3 Å². The maximum absolute atomic E-state index is 12.9. The van der Waals surface area contributed by atoms with Crippen molar-refractivity contribution in [3.63, 3.8) is 0 Å². The second-order valence-electron chi connectivity index (χ2n) is 7.52. The van der Waals surface area contributed by atoms with Crippen LogP contribution in [0.1, 0.15) is 38.5 Å². The molecule has 3 aliphatic rings. The van der Waals surface area contributed by atoms with Crippen molar-refractivity contribution >= 4 is 35.6 Å². The first-order valence-corrected chi connectivity index (χ1v) is 9.10. The summed E-state index contributed by atoms with van der Waals surface area (Å²) in [4.78, 5) is 24.7. The molecule has 2 atom stereocenters. The predicted octanol–water partition coefficient (Wildman–Crippen LogP) is 3.18. The van der Waals surface area contributed by atoms with Crippen molar-refractivity contribution in [1.29, 1.82) is 0 Å². The minimum atomic E-state index is -0.239. The Balaban J connectivity index is 0.00000182. The third-order valence-corrected chi connectivity index (χ3v) is 5.85. The summed E-state index contributed by atoms with van der Waals surface area (Å²) in [6, 6.07) is 7.46. The van der Waals surface area contributed by atoms with Gasteiger partial charge < -0.3 is 16.0 Å². The molecule has 0 radical (unpaired) electrons. The Morgan fingerprint density at radius 3 is 2.36 bits per heavy atom. The third-order valence-electron chi connectivity index (χ3n) is 5.85. The van der Waals surface area contributed by atoms with Gasteiger partial charge in [-0.3, -0.25) is 9.59 Å². The van der Waals surface area contributed by atoms with Gasteiger partial charge in [-0.05, 0) is 62.4 Å². The van der Waals surface area contributed by atoms with E-state index in [4.69, 9.17) is 0 Å². The zero-order chi connectivity index (χ0) is 16.6. The van der Waals surface area contributed by atoms with E-state index in [2.05, 4.69) is 16.0 Å². The van der Waals surface area contributed by atoms with Crippen LogP contribution in [-0.2, 0) is 9.59 Å². The van der Waals surface area contributed by atoms with Crippen molar-refractivity contribution in [2.45, 2.75) is 38.5 Å². The van der Waals surface area contributed by atoms with Crippen molar-refractivity contribution in [1.82, 2.24) is 5.32 Å². The Hall–Kier alpha value is -1.59. The summed E-state index contributed by atoms with van der Waals surface area (Å²) in [6.45, 7) is 1.75. The Morgan fingerprint density at radius 2 is 1.68 bits per heavy atom. The largest absolute Gasteiger partial charge is 0.326 e. The maximum atomic E-state index is 12.9. The summed E-state index contributed by atoms with van der Waals surface area (Å²) in [5, 5.41) is 9.43. The predicted molar refractivity (Wildman–Crippen MR) is 101 cm³/mol. The molecule has 1 heterocycles. The van der Waals surface area contributed by atoms with E-state index in [1.54, 1.807) is 0 Å². The van der Waals surface area contributed by atoms with Gasteiger partial charge in [-0.25, -0.2) is 0 Å². The van der Waals surface area contributed by atoms with E-state index in [1.165, 1.54) is 6.42 Å². The molecule has 4 rings (SSSR count). The molecule has 2 aliphatic carbocycles. The number of benzene rings is 1. The van der Waals surface area contributed by atoms with Crippen LogP contribution in [0.15, 0.2) is 24.3 Å². The Labute approximate surface area is 154 Å². The van der Waals surface area contributed by atoms with Gasteiger partial charge >= 0.3 is 0 Å². The summed E-state index contributed by atoms with van der Waals surface area (Å²) >= 11 is 0. The monoisotopic (exact) mass is 363 g/mol. The fourth-order valence-electron chi connectivity index (χ4n) is 4.17. The van der Waals surface area contributed by atoms with Crippen molar-refractivity contribution in [2.75, 3.05) is 23.7 Å². The molecule has 1 aliphatic heterocycles. The molecule has 3 N–H and O–H groups in total. The minimum Gasteiger partial charge on any atom is -0.326 e. The van der Waals surface area contributed by atoms with Crippen LogP contribution in [0.4, 0.5) is 11.4 Å². The number of fused-ring (bicyclic) bond motifs is 1.